The van der Waals surface area contributed by atoms with Crippen molar-refractivity contribution in [2.45, 2.75) is 38.1 Å². The summed E-state index contributed by atoms with van der Waals surface area (Å²) in [5.74, 6) is 0.454. The zero-order valence-electron chi connectivity index (χ0n) is 19.4. The van der Waals surface area contributed by atoms with E-state index in [1.807, 2.05) is 57.2 Å². The van der Waals surface area contributed by atoms with Crippen molar-refractivity contribution in [3.63, 3.8) is 0 Å². The van der Waals surface area contributed by atoms with Crippen LogP contribution < -0.4 is 10.9 Å². The molecule has 174 valence electrons. The van der Waals surface area contributed by atoms with Gasteiger partial charge in [-0.3, -0.25) is 14.2 Å². The predicted octanol–water partition coefficient (Wildman–Crippen LogP) is 6.09. The Hall–Kier alpha value is -3.09. The number of aromatic nitrogens is 2. The van der Waals surface area contributed by atoms with E-state index in [1.165, 1.54) is 11.8 Å². The van der Waals surface area contributed by atoms with Crippen LogP contribution in [0.1, 0.15) is 40.4 Å². The fourth-order valence-electron chi connectivity index (χ4n) is 3.78. The van der Waals surface area contributed by atoms with Crippen molar-refractivity contribution in [3.8, 4) is 5.69 Å². The fraction of sp³-hybridized carbons (Fsp3) is 0.222. The van der Waals surface area contributed by atoms with Gasteiger partial charge < -0.3 is 5.32 Å². The highest BCUT2D eigenvalue weighted by Crippen LogP contribution is 2.26. The normalized spacial score (nSPS) is 11.1. The van der Waals surface area contributed by atoms with E-state index in [0.717, 1.165) is 28.8 Å². The van der Waals surface area contributed by atoms with Gasteiger partial charge in [-0.25, -0.2) is 4.98 Å². The van der Waals surface area contributed by atoms with Gasteiger partial charge in [0.2, 0.25) is 0 Å². The van der Waals surface area contributed by atoms with Crippen LogP contribution in [0.15, 0.2) is 70.6 Å². The third kappa shape index (κ3) is 5.34. The molecule has 5 nitrogen and oxygen atoms in total. The van der Waals surface area contributed by atoms with Crippen LogP contribution in [-0.2, 0) is 5.75 Å². The molecular weight excluding hydrogens is 466 g/mol. The summed E-state index contributed by atoms with van der Waals surface area (Å²) in [6.45, 7) is 6.62. The minimum atomic E-state index is -0.167. The molecule has 34 heavy (non-hydrogen) atoms. The lowest BCUT2D eigenvalue weighted by atomic mass is 10.1. The summed E-state index contributed by atoms with van der Waals surface area (Å²) in [5.41, 5.74) is 4.83. The number of thioether (sulfide) groups is 1. The summed E-state index contributed by atoms with van der Waals surface area (Å²) in [6.07, 6.45) is 0.851. The Morgan fingerprint density at radius 1 is 1.03 bits per heavy atom. The van der Waals surface area contributed by atoms with Crippen molar-refractivity contribution >= 4 is 40.2 Å². The van der Waals surface area contributed by atoms with Crippen molar-refractivity contribution < 1.29 is 4.79 Å². The van der Waals surface area contributed by atoms with Crippen molar-refractivity contribution in [3.05, 3.63) is 98.3 Å². The van der Waals surface area contributed by atoms with E-state index in [1.54, 1.807) is 22.8 Å². The van der Waals surface area contributed by atoms with Crippen LogP contribution in [0.3, 0.4) is 0 Å². The Kier molecular flexibility index (Phi) is 7.39. The Morgan fingerprint density at radius 2 is 1.74 bits per heavy atom. The van der Waals surface area contributed by atoms with Crippen LogP contribution in [-0.4, -0.2) is 22.0 Å². The Morgan fingerprint density at radius 3 is 2.41 bits per heavy atom. The SMILES string of the molecule is CCCNC(=O)c1ccc2c(=O)n(-c3cc(C)cc(C)c3)c(SCc3ccc(Cl)cc3)nc2c1. The number of carbonyl (C=O) groups excluding carboxylic acids is 1. The summed E-state index contributed by atoms with van der Waals surface area (Å²) in [7, 11) is 0. The molecular formula is C27H26ClN3O2S. The first-order valence-corrected chi connectivity index (χ1v) is 12.5. The highest BCUT2D eigenvalue weighted by molar-refractivity contribution is 7.98. The molecule has 1 amide bonds. The van der Waals surface area contributed by atoms with Crippen LogP contribution in [0.2, 0.25) is 5.02 Å². The maximum atomic E-state index is 13.7. The minimum Gasteiger partial charge on any atom is -0.352 e. The molecule has 7 heteroatoms. The van der Waals surface area contributed by atoms with Gasteiger partial charge in [-0.1, -0.05) is 48.5 Å². The summed E-state index contributed by atoms with van der Waals surface area (Å²) < 4.78 is 1.67. The molecule has 1 heterocycles. The number of nitrogens with one attached hydrogen (secondary N) is 1. The number of aryl methyl sites for hydroxylation is 2. The molecule has 0 aliphatic heterocycles. The van der Waals surface area contributed by atoms with Gasteiger partial charge in [-0.2, -0.15) is 0 Å². The summed E-state index contributed by atoms with van der Waals surface area (Å²) in [5, 5.41) is 4.60. The van der Waals surface area contributed by atoms with Crippen molar-refractivity contribution in [1.82, 2.24) is 14.9 Å². The number of amides is 1. The number of hydrogen-bond donors (Lipinski definition) is 1. The number of benzene rings is 3. The van der Waals surface area contributed by atoms with Crippen molar-refractivity contribution in [2.75, 3.05) is 6.54 Å². The number of fused-ring (bicyclic) bond motifs is 1. The van der Waals surface area contributed by atoms with E-state index in [0.29, 0.717) is 38.9 Å². The molecule has 0 bridgehead atoms. The third-order valence-electron chi connectivity index (χ3n) is 5.38. The van der Waals surface area contributed by atoms with Gasteiger partial charge in [0.05, 0.1) is 16.6 Å². The molecule has 4 rings (SSSR count). The van der Waals surface area contributed by atoms with E-state index < -0.39 is 0 Å². The topological polar surface area (TPSA) is 64.0 Å². The molecule has 0 fully saturated rings. The smallest absolute Gasteiger partial charge is 0.266 e. The molecule has 0 spiro atoms. The van der Waals surface area contributed by atoms with Gasteiger partial charge in [0, 0.05) is 22.9 Å². The molecule has 0 radical (unpaired) electrons. The van der Waals surface area contributed by atoms with E-state index >= 15 is 0 Å². The first-order valence-electron chi connectivity index (χ1n) is 11.2. The summed E-state index contributed by atoms with van der Waals surface area (Å²) >= 11 is 7.50. The zero-order chi connectivity index (χ0) is 24.2. The average Bonchev–Trinajstić information content (AvgIpc) is 2.81. The second-order valence-electron chi connectivity index (χ2n) is 8.28. The molecule has 1 aromatic heterocycles. The fourth-order valence-corrected chi connectivity index (χ4v) is 4.87. The maximum Gasteiger partial charge on any atom is 0.266 e. The van der Waals surface area contributed by atoms with E-state index in [2.05, 4.69) is 11.4 Å². The molecule has 0 atom stereocenters. The van der Waals surface area contributed by atoms with Crippen LogP contribution in [0.4, 0.5) is 0 Å². The van der Waals surface area contributed by atoms with Gasteiger partial charge in [0.1, 0.15) is 0 Å². The molecule has 1 N–H and O–H groups in total. The molecule has 0 unspecified atom stereocenters. The summed E-state index contributed by atoms with van der Waals surface area (Å²) in [4.78, 5) is 31.0. The molecule has 0 saturated carbocycles. The Labute approximate surface area is 208 Å². The monoisotopic (exact) mass is 491 g/mol. The van der Waals surface area contributed by atoms with Gasteiger partial charge >= 0.3 is 0 Å². The standard InChI is InChI=1S/C27H26ClN3O2S/c1-4-11-29-25(32)20-7-10-23-24(15-20)30-27(34-16-19-5-8-21(28)9-6-19)31(26(23)33)22-13-17(2)12-18(3)14-22/h5-10,12-15H,4,11,16H2,1-3H3,(H,29,32). The number of carbonyl (C=O) groups is 1. The second kappa shape index (κ2) is 10.5. The van der Waals surface area contributed by atoms with Gasteiger partial charge in [-0.15, -0.1) is 0 Å². The maximum absolute atomic E-state index is 13.7. The van der Waals surface area contributed by atoms with Crippen LogP contribution in [0.25, 0.3) is 16.6 Å². The van der Waals surface area contributed by atoms with Crippen LogP contribution >= 0.6 is 23.4 Å². The minimum absolute atomic E-state index is 0.158. The Bertz CT molecular complexity index is 1390. The molecule has 0 aliphatic carbocycles. The van der Waals surface area contributed by atoms with Crippen LogP contribution in [0.5, 0.6) is 0 Å². The van der Waals surface area contributed by atoms with E-state index in [4.69, 9.17) is 16.6 Å². The number of nitrogens with zero attached hydrogens (tertiary/aromatic N) is 2. The quantitative estimate of drug-likeness (QED) is 0.251. The first kappa shape index (κ1) is 24.0. The molecule has 0 saturated heterocycles. The largest absolute Gasteiger partial charge is 0.352 e. The predicted molar refractivity (Wildman–Crippen MR) is 140 cm³/mol. The second-order valence-corrected chi connectivity index (χ2v) is 9.66. The highest BCUT2D eigenvalue weighted by Gasteiger charge is 2.16. The van der Waals surface area contributed by atoms with Gasteiger partial charge in [0.15, 0.2) is 5.16 Å². The van der Waals surface area contributed by atoms with Crippen molar-refractivity contribution in [2.24, 2.45) is 0 Å². The average molecular weight is 492 g/mol. The molecule has 0 aliphatic rings. The molecule has 3 aromatic carbocycles. The van der Waals surface area contributed by atoms with E-state index in [9.17, 15) is 9.59 Å². The lowest BCUT2D eigenvalue weighted by Crippen LogP contribution is -2.25. The van der Waals surface area contributed by atoms with Crippen LogP contribution in [0, 0.1) is 13.8 Å². The highest BCUT2D eigenvalue weighted by atomic mass is 35.5. The first-order chi connectivity index (χ1) is 16.4. The molecule has 4 aromatic rings. The zero-order valence-corrected chi connectivity index (χ0v) is 21.0. The van der Waals surface area contributed by atoms with Crippen molar-refractivity contribution in [1.29, 1.82) is 0 Å². The summed E-state index contributed by atoms with van der Waals surface area (Å²) in [6, 6.07) is 18.7. The lowest BCUT2D eigenvalue weighted by Gasteiger charge is -2.15. The third-order valence-corrected chi connectivity index (χ3v) is 6.64. The van der Waals surface area contributed by atoms with Gasteiger partial charge in [-0.05, 0) is 79.4 Å². The Balaban J connectivity index is 1.83. The van der Waals surface area contributed by atoms with E-state index in [-0.39, 0.29) is 11.5 Å². The number of halogens is 1. The number of hydrogen-bond acceptors (Lipinski definition) is 4. The van der Waals surface area contributed by atoms with Gasteiger partial charge in [0.25, 0.3) is 11.5 Å². The number of rotatable bonds is 7. The lowest BCUT2D eigenvalue weighted by molar-refractivity contribution is 0.0954.